The highest BCUT2D eigenvalue weighted by molar-refractivity contribution is 8.00. The summed E-state index contributed by atoms with van der Waals surface area (Å²) in [5.41, 5.74) is 0.673. The Balaban J connectivity index is 1.40. The minimum Gasteiger partial charge on any atom is -0.494 e. The molecule has 1 fully saturated rings. The number of nitrogens with zero attached hydrogens (tertiary/aromatic N) is 6. The average molecular weight is 489 g/mol. The molecule has 33 heavy (non-hydrogen) atoms. The fraction of sp³-hybridized carbons (Fsp3) is 0.333. The van der Waals surface area contributed by atoms with E-state index < -0.39 is 15.3 Å². The van der Waals surface area contributed by atoms with E-state index in [4.69, 9.17) is 4.74 Å². The van der Waals surface area contributed by atoms with Crippen LogP contribution in [0, 0.1) is 0 Å². The van der Waals surface area contributed by atoms with Crippen molar-refractivity contribution in [3.8, 4) is 11.4 Å². The fourth-order valence-electron chi connectivity index (χ4n) is 3.56. The van der Waals surface area contributed by atoms with E-state index in [1.165, 1.54) is 20.7 Å². The van der Waals surface area contributed by atoms with Gasteiger partial charge >= 0.3 is 0 Å². The van der Waals surface area contributed by atoms with Gasteiger partial charge in [0, 0.05) is 26.2 Å². The lowest BCUT2D eigenvalue weighted by Gasteiger charge is -2.35. The summed E-state index contributed by atoms with van der Waals surface area (Å²) in [6, 6.07) is 15.7. The highest BCUT2D eigenvalue weighted by Gasteiger charge is 2.32. The first-order valence-corrected chi connectivity index (χ1v) is 12.7. The summed E-state index contributed by atoms with van der Waals surface area (Å²) in [6.07, 6.45) is 0. The number of aromatic nitrogens is 4. The molecule has 0 aliphatic carbocycles. The number of thioether (sulfide) groups is 1. The van der Waals surface area contributed by atoms with Crippen LogP contribution in [0.3, 0.4) is 0 Å². The topological polar surface area (TPSA) is 111 Å². The van der Waals surface area contributed by atoms with Crippen LogP contribution >= 0.6 is 11.8 Å². The third-order valence-electron chi connectivity index (χ3n) is 5.32. The summed E-state index contributed by atoms with van der Waals surface area (Å²) in [5.74, 6) is 0.521. The van der Waals surface area contributed by atoms with Crippen molar-refractivity contribution in [2.75, 3.05) is 33.3 Å². The lowest BCUT2D eigenvalue weighted by atomic mass is 10.3. The van der Waals surface area contributed by atoms with E-state index in [1.807, 2.05) is 24.3 Å². The molecule has 1 unspecified atom stereocenters. The molecule has 10 nitrogen and oxygen atoms in total. The van der Waals surface area contributed by atoms with Crippen molar-refractivity contribution < 1.29 is 17.9 Å². The molecule has 0 saturated carbocycles. The van der Waals surface area contributed by atoms with Gasteiger partial charge in [-0.25, -0.2) is 8.42 Å². The monoisotopic (exact) mass is 488 g/mol. The van der Waals surface area contributed by atoms with Gasteiger partial charge in [0.15, 0.2) is 0 Å². The first kappa shape index (κ1) is 23.2. The lowest BCUT2D eigenvalue weighted by Crippen LogP contribution is -2.52. The van der Waals surface area contributed by atoms with Crippen LogP contribution in [0.5, 0.6) is 5.75 Å². The molecule has 2 aromatic carbocycles. The maximum atomic E-state index is 13.1. The number of ether oxygens (including phenoxy) is 1. The number of sulfonamides is 1. The molecule has 1 saturated heterocycles. The SMILES string of the molecule is COc1ccccc1-n1nnnc1SC(C)C(=O)N1CCN(S(=O)(=O)c2ccccc2)CC1. The van der Waals surface area contributed by atoms with Gasteiger partial charge in [0.05, 0.1) is 17.3 Å². The number of hydrogen-bond donors (Lipinski definition) is 0. The smallest absolute Gasteiger partial charge is 0.243 e. The number of amides is 1. The molecule has 0 spiro atoms. The second kappa shape index (κ2) is 9.89. The molecule has 1 amide bonds. The van der Waals surface area contributed by atoms with Crippen molar-refractivity contribution in [2.24, 2.45) is 0 Å². The number of carbonyl (C=O) groups is 1. The van der Waals surface area contributed by atoms with Crippen molar-refractivity contribution >= 4 is 27.7 Å². The summed E-state index contributed by atoms with van der Waals surface area (Å²) >= 11 is 1.24. The van der Waals surface area contributed by atoms with Crippen molar-refractivity contribution in [3.05, 3.63) is 54.6 Å². The van der Waals surface area contributed by atoms with E-state index in [1.54, 1.807) is 49.3 Å². The molecule has 3 aromatic rings. The van der Waals surface area contributed by atoms with E-state index in [0.717, 1.165) is 0 Å². The Bertz CT molecular complexity index is 1210. The second-order valence-electron chi connectivity index (χ2n) is 7.35. The molecule has 0 N–H and O–H groups in total. The first-order valence-electron chi connectivity index (χ1n) is 10.3. The van der Waals surface area contributed by atoms with E-state index in [0.29, 0.717) is 29.7 Å². The third-order valence-corrected chi connectivity index (χ3v) is 8.25. The third kappa shape index (κ3) is 4.87. The molecule has 4 rings (SSSR count). The zero-order valence-electron chi connectivity index (χ0n) is 18.2. The van der Waals surface area contributed by atoms with Gasteiger partial charge in [-0.05, 0) is 41.6 Å². The summed E-state index contributed by atoms with van der Waals surface area (Å²) in [4.78, 5) is 15.0. The Morgan fingerprint density at radius 1 is 1.03 bits per heavy atom. The number of hydrogen-bond acceptors (Lipinski definition) is 8. The van der Waals surface area contributed by atoms with Crippen LogP contribution in [0.15, 0.2) is 64.6 Å². The zero-order chi connectivity index (χ0) is 23.4. The van der Waals surface area contributed by atoms with E-state index in [9.17, 15) is 13.2 Å². The summed E-state index contributed by atoms with van der Waals surface area (Å²) in [6.45, 7) is 2.94. The second-order valence-corrected chi connectivity index (χ2v) is 10.6. The van der Waals surface area contributed by atoms with Gasteiger partial charge in [-0.15, -0.1) is 5.10 Å². The van der Waals surface area contributed by atoms with Crippen molar-refractivity contribution in [3.63, 3.8) is 0 Å². The summed E-state index contributed by atoms with van der Waals surface area (Å²) in [5, 5.41) is 11.9. The standard InChI is InChI=1S/C21H24N6O4S2/c1-16(32-21-22-23-24-27(21)18-10-6-7-11-19(18)31-2)20(28)25-12-14-26(15-13-25)33(29,30)17-8-4-3-5-9-17/h3-11,16H,12-15H2,1-2H3. The Morgan fingerprint density at radius 2 is 1.70 bits per heavy atom. The van der Waals surface area contributed by atoms with Crippen molar-refractivity contribution in [1.82, 2.24) is 29.4 Å². The van der Waals surface area contributed by atoms with Crippen LogP contribution < -0.4 is 4.74 Å². The maximum Gasteiger partial charge on any atom is 0.243 e. The molecule has 0 bridgehead atoms. The van der Waals surface area contributed by atoms with E-state index in [2.05, 4.69) is 15.5 Å². The van der Waals surface area contributed by atoms with Gasteiger partial charge < -0.3 is 9.64 Å². The molecular formula is C21H24N6O4S2. The van der Waals surface area contributed by atoms with Crippen LogP contribution in [-0.2, 0) is 14.8 Å². The first-order chi connectivity index (χ1) is 15.9. The molecule has 1 aromatic heterocycles. The summed E-state index contributed by atoms with van der Waals surface area (Å²) in [7, 11) is -2.00. The quantitative estimate of drug-likeness (QED) is 0.462. The maximum absolute atomic E-state index is 13.1. The fourth-order valence-corrected chi connectivity index (χ4v) is 5.89. The molecule has 1 atom stereocenters. The van der Waals surface area contributed by atoms with E-state index >= 15 is 0 Å². The highest BCUT2D eigenvalue weighted by Crippen LogP contribution is 2.28. The minimum absolute atomic E-state index is 0.0914. The Labute approximate surface area is 196 Å². The molecule has 1 aliphatic heterocycles. The van der Waals surface area contributed by atoms with E-state index in [-0.39, 0.29) is 23.9 Å². The highest BCUT2D eigenvalue weighted by atomic mass is 32.2. The predicted octanol–water partition coefficient (Wildman–Crippen LogP) is 1.68. The van der Waals surface area contributed by atoms with Crippen molar-refractivity contribution in [2.45, 2.75) is 22.2 Å². The van der Waals surface area contributed by atoms with Gasteiger partial charge in [-0.2, -0.15) is 8.99 Å². The molecule has 2 heterocycles. The normalized spacial score (nSPS) is 15.9. The molecule has 174 valence electrons. The van der Waals surface area contributed by atoms with Crippen LogP contribution in [0.1, 0.15) is 6.92 Å². The Kier molecular flexibility index (Phi) is 6.96. The number of para-hydroxylation sites is 2. The number of rotatable bonds is 7. The predicted molar refractivity (Wildman–Crippen MR) is 123 cm³/mol. The van der Waals surface area contributed by atoms with Gasteiger partial charge in [0.2, 0.25) is 21.1 Å². The van der Waals surface area contributed by atoms with Crippen LogP contribution in [-0.4, -0.2) is 82.3 Å². The van der Waals surface area contributed by atoms with Gasteiger partial charge in [0.25, 0.3) is 0 Å². The number of tetrazole rings is 1. The Hall–Kier alpha value is -2.96. The molecule has 12 heteroatoms. The van der Waals surface area contributed by atoms with Crippen molar-refractivity contribution in [1.29, 1.82) is 0 Å². The zero-order valence-corrected chi connectivity index (χ0v) is 19.9. The van der Waals surface area contributed by atoms with Crippen LogP contribution in [0.25, 0.3) is 5.69 Å². The number of methoxy groups -OCH3 is 1. The summed E-state index contributed by atoms with van der Waals surface area (Å²) < 4.78 is 34.0. The van der Waals surface area contributed by atoms with Crippen LogP contribution in [0.4, 0.5) is 0 Å². The Morgan fingerprint density at radius 3 is 2.39 bits per heavy atom. The molecular weight excluding hydrogens is 464 g/mol. The molecule has 1 aliphatic rings. The largest absolute Gasteiger partial charge is 0.494 e. The lowest BCUT2D eigenvalue weighted by molar-refractivity contribution is -0.131. The average Bonchev–Trinajstić information content (AvgIpc) is 3.32. The number of piperazine rings is 1. The van der Waals surface area contributed by atoms with Gasteiger partial charge in [-0.3, -0.25) is 4.79 Å². The number of carbonyl (C=O) groups excluding carboxylic acids is 1. The van der Waals surface area contributed by atoms with Gasteiger partial charge in [-0.1, -0.05) is 42.1 Å². The van der Waals surface area contributed by atoms with Gasteiger partial charge in [0.1, 0.15) is 11.4 Å². The van der Waals surface area contributed by atoms with Crippen LogP contribution in [0.2, 0.25) is 0 Å². The minimum atomic E-state index is -3.57. The number of benzene rings is 2. The molecule has 0 radical (unpaired) electrons.